The van der Waals surface area contributed by atoms with E-state index in [0.29, 0.717) is 39.1 Å². The van der Waals surface area contributed by atoms with Gasteiger partial charge < -0.3 is 10.1 Å². The molecule has 1 fully saturated rings. The highest BCUT2D eigenvalue weighted by Crippen LogP contribution is 2.32. The first kappa shape index (κ1) is 25.3. The predicted molar refractivity (Wildman–Crippen MR) is 130 cm³/mol. The Balaban J connectivity index is 1.38. The third kappa shape index (κ3) is 5.72. The predicted octanol–water partition coefficient (Wildman–Crippen LogP) is 6.01. The molecule has 0 radical (unpaired) electrons. The lowest BCUT2D eigenvalue weighted by atomic mass is 10.2. The molecule has 1 N–H and O–H groups in total. The number of amides is 3. The quantitative estimate of drug-likeness (QED) is 0.298. The fourth-order valence-electron chi connectivity index (χ4n) is 3.18. The summed E-state index contributed by atoms with van der Waals surface area (Å²) in [5.41, 5.74) is 0.824. The maximum absolute atomic E-state index is 13.8. The van der Waals surface area contributed by atoms with Crippen LogP contribution in [0.3, 0.4) is 0 Å². The van der Waals surface area contributed by atoms with Gasteiger partial charge in [0.1, 0.15) is 18.9 Å². The molecule has 4 rings (SSSR count). The lowest BCUT2D eigenvalue weighted by Gasteiger charge is -2.13. The SMILES string of the molecule is O=C(CN1C(=O)S/C(=C/c2ccc(OCc3ccccc3Cl)cc2)C1=O)Nc1ccc(F)c(F)c1F. The Morgan fingerprint density at radius 1 is 1.00 bits per heavy atom. The van der Waals surface area contributed by atoms with Crippen LogP contribution in [0.4, 0.5) is 23.7 Å². The molecule has 0 aromatic heterocycles. The van der Waals surface area contributed by atoms with Crippen LogP contribution in [0.5, 0.6) is 5.75 Å². The first-order valence-electron chi connectivity index (χ1n) is 10.4. The van der Waals surface area contributed by atoms with Gasteiger partial charge in [0.25, 0.3) is 11.1 Å². The van der Waals surface area contributed by atoms with E-state index >= 15 is 0 Å². The molecule has 3 aromatic carbocycles. The number of hydrogen-bond acceptors (Lipinski definition) is 5. The van der Waals surface area contributed by atoms with Crippen LogP contribution < -0.4 is 10.1 Å². The highest BCUT2D eigenvalue weighted by molar-refractivity contribution is 8.18. The number of nitrogens with one attached hydrogen (secondary N) is 1. The van der Waals surface area contributed by atoms with Crippen LogP contribution in [0.25, 0.3) is 6.08 Å². The number of thioether (sulfide) groups is 1. The normalized spacial score (nSPS) is 14.4. The number of hydrogen-bond donors (Lipinski definition) is 1. The Bertz CT molecular complexity index is 1380. The monoisotopic (exact) mass is 532 g/mol. The summed E-state index contributed by atoms with van der Waals surface area (Å²) in [6, 6.07) is 15.5. The largest absolute Gasteiger partial charge is 0.489 e. The molecule has 0 saturated carbocycles. The number of carbonyl (C=O) groups is 3. The average Bonchev–Trinajstić information content (AvgIpc) is 3.12. The second-order valence-electron chi connectivity index (χ2n) is 7.49. The molecule has 1 aliphatic heterocycles. The van der Waals surface area contributed by atoms with Crippen molar-refractivity contribution in [2.75, 3.05) is 11.9 Å². The van der Waals surface area contributed by atoms with Crippen molar-refractivity contribution in [1.29, 1.82) is 0 Å². The zero-order valence-electron chi connectivity index (χ0n) is 18.3. The summed E-state index contributed by atoms with van der Waals surface area (Å²) < 4.78 is 45.9. The maximum atomic E-state index is 13.8. The van der Waals surface area contributed by atoms with Crippen LogP contribution in [-0.4, -0.2) is 28.5 Å². The summed E-state index contributed by atoms with van der Waals surface area (Å²) in [5, 5.41) is 1.92. The number of benzene rings is 3. The van der Waals surface area contributed by atoms with E-state index in [1.54, 1.807) is 30.3 Å². The van der Waals surface area contributed by atoms with Crippen LogP contribution in [0, 0.1) is 17.5 Å². The Kier molecular flexibility index (Phi) is 7.66. The van der Waals surface area contributed by atoms with E-state index in [1.165, 1.54) is 6.08 Å². The molecule has 0 aliphatic carbocycles. The van der Waals surface area contributed by atoms with Crippen LogP contribution in [0.2, 0.25) is 5.02 Å². The van der Waals surface area contributed by atoms with Gasteiger partial charge in [0.2, 0.25) is 5.91 Å². The van der Waals surface area contributed by atoms with Gasteiger partial charge in [-0.25, -0.2) is 13.2 Å². The van der Waals surface area contributed by atoms with E-state index in [-0.39, 0.29) is 11.5 Å². The third-order valence-electron chi connectivity index (χ3n) is 5.01. The highest BCUT2D eigenvalue weighted by atomic mass is 35.5. The molecule has 184 valence electrons. The Morgan fingerprint density at radius 3 is 2.44 bits per heavy atom. The van der Waals surface area contributed by atoms with Crippen molar-refractivity contribution in [1.82, 2.24) is 4.90 Å². The van der Waals surface area contributed by atoms with Crippen LogP contribution in [0.15, 0.2) is 65.6 Å². The number of carbonyl (C=O) groups excluding carboxylic acids is 3. The second kappa shape index (κ2) is 10.9. The maximum Gasteiger partial charge on any atom is 0.294 e. The third-order valence-corrected chi connectivity index (χ3v) is 6.29. The number of rotatable bonds is 7. The zero-order chi connectivity index (χ0) is 25.8. The number of halogens is 4. The van der Waals surface area contributed by atoms with Gasteiger partial charge in [0.05, 0.1) is 10.6 Å². The van der Waals surface area contributed by atoms with Crippen molar-refractivity contribution in [2.45, 2.75) is 6.61 Å². The molecule has 0 bridgehead atoms. The zero-order valence-corrected chi connectivity index (χ0v) is 19.8. The highest BCUT2D eigenvalue weighted by Gasteiger charge is 2.36. The van der Waals surface area contributed by atoms with E-state index in [0.717, 1.165) is 11.6 Å². The molecule has 0 spiro atoms. The van der Waals surface area contributed by atoms with E-state index in [9.17, 15) is 27.6 Å². The molecule has 1 aliphatic rings. The van der Waals surface area contributed by atoms with Gasteiger partial charge in [-0.3, -0.25) is 19.3 Å². The summed E-state index contributed by atoms with van der Waals surface area (Å²) in [6.45, 7) is -0.455. The van der Waals surface area contributed by atoms with Gasteiger partial charge in [-0.15, -0.1) is 0 Å². The smallest absolute Gasteiger partial charge is 0.294 e. The van der Waals surface area contributed by atoms with Crippen molar-refractivity contribution in [3.8, 4) is 5.75 Å². The second-order valence-corrected chi connectivity index (χ2v) is 8.89. The summed E-state index contributed by atoms with van der Waals surface area (Å²) in [7, 11) is 0. The minimum Gasteiger partial charge on any atom is -0.489 e. The summed E-state index contributed by atoms with van der Waals surface area (Å²) in [4.78, 5) is 37.9. The van der Waals surface area contributed by atoms with Crippen molar-refractivity contribution >= 4 is 52.2 Å². The van der Waals surface area contributed by atoms with Crippen molar-refractivity contribution in [2.24, 2.45) is 0 Å². The molecule has 11 heteroatoms. The molecule has 36 heavy (non-hydrogen) atoms. The van der Waals surface area contributed by atoms with Crippen molar-refractivity contribution in [3.63, 3.8) is 0 Å². The van der Waals surface area contributed by atoms with Gasteiger partial charge in [-0.1, -0.05) is 41.9 Å². The lowest BCUT2D eigenvalue weighted by Crippen LogP contribution is -2.36. The summed E-state index contributed by atoms with van der Waals surface area (Å²) in [6.07, 6.45) is 1.48. The van der Waals surface area contributed by atoms with E-state index in [1.807, 2.05) is 23.5 Å². The van der Waals surface area contributed by atoms with Crippen molar-refractivity contribution < 1.29 is 32.3 Å². The minimum absolute atomic E-state index is 0.0801. The van der Waals surface area contributed by atoms with E-state index < -0.39 is 46.7 Å². The Labute approximate surface area is 212 Å². The van der Waals surface area contributed by atoms with Gasteiger partial charge in [-0.05, 0) is 53.7 Å². The molecule has 1 heterocycles. The lowest BCUT2D eigenvalue weighted by molar-refractivity contribution is -0.127. The molecule has 0 atom stereocenters. The molecule has 3 aromatic rings. The topological polar surface area (TPSA) is 75.7 Å². The fourth-order valence-corrected chi connectivity index (χ4v) is 4.21. The first-order chi connectivity index (χ1) is 17.2. The standard InChI is InChI=1S/C25H16ClF3N2O4S/c26-17-4-2-1-3-15(17)13-35-16-7-5-14(6-8-16)11-20-24(33)31(25(34)36-20)12-21(32)30-19-10-9-18(27)22(28)23(19)29/h1-11H,12-13H2,(H,30,32)/b20-11+. The van der Waals surface area contributed by atoms with Crippen LogP contribution >= 0.6 is 23.4 Å². The summed E-state index contributed by atoms with van der Waals surface area (Å²) >= 11 is 6.75. The minimum atomic E-state index is -1.75. The molecule has 3 amide bonds. The summed E-state index contributed by atoms with van der Waals surface area (Å²) in [5.74, 6) is -5.85. The number of anilines is 1. The molecule has 6 nitrogen and oxygen atoms in total. The Morgan fingerprint density at radius 2 is 1.72 bits per heavy atom. The van der Waals surface area contributed by atoms with E-state index in [4.69, 9.17) is 16.3 Å². The molecular formula is C25H16ClF3N2O4S. The molecule has 0 unspecified atom stereocenters. The fraction of sp³-hybridized carbons (Fsp3) is 0.0800. The Hall–Kier alpha value is -3.76. The molecular weight excluding hydrogens is 517 g/mol. The van der Waals surface area contributed by atoms with Crippen LogP contribution in [0.1, 0.15) is 11.1 Å². The van der Waals surface area contributed by atoms with Crippen LogP contribution in [-0.2, 0) is 16.2 Å². The van der Waals surface area contributed by atoms with Gasteiger partial charge in [-0.2, -0.15) is 0 Å². The number of imide groups is 1. The molecule has 1 saturated heterocycles. The average molecular weight is 533 g/mol. The number of nitrogens with zero attached hydrogens (tertiary/aromatic N) is 1. The van der Waals surface area contributed by atoms with Gasteiger partial charge in [0, 0.05) is 10.6 Å². The first-order valence-corrected chi connectivity index (χ1v) is 11.6. The van der Waals surface area contributed by atoms with E-state index in [2.05, 4.69) is 0 Å². The van der Waals surface area contributed by atoms with Crippen molar-refractivity contribution in [3.05, 3.63) is 99.2 Å². The van der Waals surface area contributed by atoms with Gasteiger partial charge >= 0.3 is 0 Å². The number of ether oxygens (including phenoxy) is 1. The van der Waals surface area contributed by atoms with Gasteiger partial charge in [0.15, 0.2) is 17.5 Å².